The van der Waals surface area contributed by atoms with Crippen LogP contribution in [0.4, 0.5) is 13.2 Å². The van der Waals surface area contributed by atoms with Crippen LogP contribution in [-0.2, 0) is 27.5 Å². The second-order valence-electron chi connectivity index (χ2n) is 4.14. The van der Waals surface area contributed by atoms with Crippen molar-refractivity contribution in [1.29, 1.82) is 0 Å². The molecule has 0 rings (SSSR count). The summed E-state index contributed by atoms with van der Waals surface area (Å²) in [5.41, 5.74) is -1.04. The zero-order valence-corrected chi connectivity index (χ0v) is 14.1. The third-order valence-electron chi connectivity index (χ3n) is 3.28. The van der Waals surface area contributed by atoms with Crippen LogP contribution in [-0.4, -0.2) is 63.6 Å². The Bertz CT molecular complexity index is 258. The lowest BCUT2D eigenvalue weighted by atomic mass is 10.2. The summed E-state index contributed by atoms with van der Waals surface area (Å²) >= 11 is 0. The summed E-state index contributed by atoms with van der Waals surface area (Å²) < 4.78 is 69.0. The van der Waals surface area contributed by atoms with Gasteiger partial charge in [0.05, 0.1) is 0 Å². The Hall–Kier alpha value is -0.233. The van der Waals surface area contributed by atoms with Gasteiger partial charge < -0.3 is 27.5 Å². The Kier molecular flexibility index (Phi) is 8.32. The largest absolute Gasteiger partial charge is 0.511 e. The van der Waals surface area contributed by atoms with Crippen molar-refractivity contribution in [1.82, 2.24) is 0 Å². The van der Waals surface area contributed by atoms with Crippen molar-refractivity contribution in [3.63, 3.8) is 0 Å². The molecule has 0 radical (unpaired) electrons. The van der Waals surface area contributed by atoms with Crippen LogP contribution in [0.2, 0.25) is 5.54 Å². The molecule has 0 aliphatic rings. The van der Waals surface area contributed by atoms with Crippen LogP contribution in [0.5, 0.6) is 0 Å². The van der Waals surface area contributed by atoms with E-state index in [1.54, 1.807) is 0 Å². The Morgan fingerprint density at radius 2 is 1.19 bits per heavy atom. The highest BCUT2D eigenvalue weighted by molar-refractivity contribution is 6.62. The van der Waals surface area contributed by atoms with Crippen LogP contribution in [0.15, 0.2) is 0 Å². The van der Waals surface area contributed by atoms with Crippen molar-refractivity contribution < 1.29 is 40.7 Å². The molecule has 10 heteroatoms. The Balaban J connectivity index is 5.64. The Morgan fingerprint density at radius 3 is 1.43 bits per heavy atom. The topological polar surface area (TPSA) is 55.4 Å². The molecule has 0 amide bonds. The lowest BCUT2D eigenvalue weighted by Crippen LogP contribution is -2.58. The fraction of sp³-hybridized carbons (Fsp3) is 1.00. The highest BCUT2D eigenvalue weighted by atomic mass is 28.4. The van der Waals surface area contributed by atoms with Gasteiger partial charge in [0.25, 0.3) is 5.97 Å². The number of halogens is 3. The first kappa shape index (κ1) is 20.8. The van der Waals surface area contributed by atoms with Gasteiger partial charge in [-0.3, -0.25) is 0 Å². The van der Waals surface area contributed by atoms with E-state index in [1.807, 2.05) is 0 Å². The van der Waals surface area contributed by atoms with E-state index >= 15 is 0 Å². The number of ether oxygens (including phenoxy) is 3. The number of rotatable bonds is 10. The molecule has 0 saturated carbocycles. The average molecular weight is 336 g/mol. The molecule has 0 fully saturated rings. The zero-order valence-electron chi connectivity index (χ0n) is 13.1. The lowest BCUT2D eigenvalue weighted by molar-refractivity contribution is -0.360. The number of hydrogen-bond acceptors (Lipinski definition) is 6. The molecule has 0 aromatic rings. The van der Waals surface area contributed by atoms with Crippen LogP contribution in [0.3, 0.4) is 0 Å². The van der Waals surface area contributed by atoms with Gasteiger partial charge in [-0.15, -0.1) is 0 Å². The summed E-state index contributed by atoms with van der Waals surface area (Å²) in [7, 11) is 4.14. The van der Waals surface area contributed by atoms with Crippen molar-refractivity contribution in [2.24, 2.45) is 0 Å². The van der Waals surface area contributed by atoms with E-state index in [1.165, 1.54) is 42.7 Å². The first-order valence-corrected chi connectivity index (χ1v) is 7.88. The molecule has 0 aromatic heterocycles. The molecule has 1 unspecified atom stereocenters. The summed E-state index contributed by atoms with van der Waals surface area (Å²) in [6.07, 6.45) is -5.84. The molecule has 128 valence electrons. The van der Waals surface area contributed by atoms with Gasteiger partial charge in [-0.25, -0.2) is 0 Å². The van der Waals surface area contributed by atoms with Gasteiger partial charge in [0, 0.05) is 49.1 Å². The van der Waals surface area contributed by atoms with Crippen molar-refractivity contribution in [3.8, 4) is 0 Å². The van der Waals surface area contributed by atoms with Gasteiger partial charge in [-0.2, -0.15) is 13.2 Å². The average Bonchev–Trinajstić information content (AvgIpc) is 2.47. The second kappa shape index (κ2) is 8.41. The van der Waals surface area contributed by atoms with E-state index < -0.39 is 39.3 Å². The molecule has 0 bridgehead atoms. The van der Waals surface area contributed by atoms with Gasteiger partial charge in [-0.1, -0.05) is 0 Å². The van der Waals surface area contributed by atoms with Crippen LogP contribution < -0.4 is 0 Å². The molecule has 0 spiro atoms. The fourth-order valence-corrected chi connectivity index (χ4v) is 4.87. The van der Waals surface area contributed by atoms with E-state index in [-0.39, 0.29) is 0 Å². The molecule has 1 atom stereocenters. The third-order valence-corrected chi connectivity index (χ3v) is 6.48. The molecule has 0 aliphatic carbocycles. The molecule has 0 heterocycles. The van der Waals surface area contributed by atoms with E-state index in [4.69, 9.17) is 27.5 Å². The van der Waals surface area contributed by atoms with Crippen molar-refractivity contribution in [3.05, 3.63) is 0 Å². The smallest absolute Gasteiger partial charge is 0.376 e. The predicted octanol–water partition coefficient (Wildman–Crippen LogP) is 2.17. The second-order valence-corrected chi connectivity index (χ2v) is 7.27. The first-order chi connectivity index (χ1) is 9.70. The number of hydrogen-bond donors (Lipinski definition) is 0. The minimum absolute atomic E-state index is 0.402. The molecule has 0 saturated heterocycles. The highest BCUT2D eigenvalue weighted by Crippen LogP contribution is 2.43. The van der Waals surface area contributed by atoms with E-state index in [9.17, 15) is 13.2 Å². The molecular weight excluding hydrogens is 313 g/mol. The molecular formula is C11H23F3O6Si. The number of alkyl halides is 3. The highest BCUT2D eigenvalue weighted by Gasteiger charge is 2.60. The molecule has 21 heavy (non-hydrogen) atoms. The lowest BCUT2D eigenvalue weighted by Gasteiger charge is -2.42. The molecule has 0 aromatic carbocycles. The third kappa shape index (κ3) is 4.88. The normalized spacial score (nSPS) is 15.3. The van der Waals surface area contributed by atoms with Crippen LogP contribution in [0.25, 0.3) is 0 Å². The van der Waals surface area contributed by atoms with E-state index in [0.717, 1.165) is 0 Å². The minimum Gasteiger partial charge on any atom is -0.376 e. The SMILES string of the molecule is COC(OC)(OC)C(CCC(F)(F)F)[Si](OC)(OC)OC. The van der Waals surface area contributed by atoms with Gasteiger partial charge >= 0.3 is 15.0 Å². The maximum Gasteiger partial charge on any atom is 0.511 e. The fourth-order valence-electron chi connectivity index (χ4n) is 2.23. The number of methoxy groups -OCH3 is 3. The van der Waals surface area contributed by atoms with Crippen LogP contribution in [0.1, 0.15) is 12.8 Å². The van der Waals surface area contributed by atoms with Crippen molar-refractivity contribution in [2.75, 3.05) is 42.7 Å². The summed E-state index contributed by atoms with van der Waals surface area (Å²) in [6.45, 7) is 0. The van der Waals surface area contributed by atoms with Crippen LogP contribution >= 0.6 is 0 Å². The summed E-state index contributed by atoms with van der Waals surface area (Å²) in [5, 5.41) is 0. The van der Waals surface area contributed by atoms with Gasteiger partial charge in [0.15, 0.2) is 0 Å². The maximum atomic E-state index is 12.6. The van der Waals surface area contributed by atoms with Gasteiger partial charge in [-0.05, 0) is 6.42 Å². The van der Waals surface area contributed by atoms with E-state index in [0.29, 0.717) is 0 Å². The first-order valence-electron chi connectivity index (χ1n) is 6.08. The van der Waals surface area contributed by atoms with Crippen LogP contribution in [0, 0.1) is 0 Å². The maximum absolute atomic E-state index is 12.6. The van der Waals surface area contributed by atoms with E-state index in [2.05, 4.69) is 0 Å². The molecule has 0 aliphatic heterocycles. The monoisotopic (exact) mass is 336 g/mol. The summed E-state index contributed by atoms with van der Waals surface area (Å²) in [5.74, 6) is -1.76. The van der Waals surface area contributed by atoms with Gasteiger partial charge in [0.1, 0.15) is 5.54 Å². The summed E-state index contributed by atoms with van der Waals surface area (Å²) in [6, 6.07) is 0. The minimum atomic E-state index is -4.35. The Labute approximate surface area is 123 Å². The van der Waals surface area contributed by atoms with Crippen molar-refractivity contribution >= 4 is 8.80 Å². The molecule has 0 N–H and O–H groups in total. The van der Waals surface area contributed by atoms with Crippen molar-refractivity contribution in [2.45, 2.75) is 30.5 Å². The summed E-state index contributed by atoms with van der Waals surface area (Å²) in [4.78, 5) is 0. The molecule has 6 nitrogen and oxygen atoms in total. The Morgan fingerprint density at radius 1 is 0.810 bits per heavy atom. The van der Waals surface area contributed by atoms with Gasteiger partial charge in [0.2, 0.25) is 0 Å². The predicted molar refractivity (Wildman–Crippen MR) is 69.6 cm³/mol. The quantitative estimate of drug-likeness (QED) is 0.450. The zero-order chi connectivity index (χ0) is 16.7. The standard InChI is InChI=1S/C11H23F3O6Si/c1-15-11(16-2,17-3)9(7-8-10(12,13)14)21(18-4,19-5)20-6/h9H,7-8H2,1-6H3.